The Labute approximate surface area is 135 Å². The number of hydrogen-bond acceptors (Lipinski definition) is 3. The molecule has 1 heterocycles. The maximum absolute atomic E-state index is 11.9. The molecule has 2 fully saturated rings. The lowest BCUT2D eigenvalue weighted by molar-refractivity contribution is -0.136. The zero-order valence-corrected chi connectivity index (χ0v) is 13.4. The first-order valence-electron chi connectivity index (χ1n) is 8.29. The van der Waals surface area contributed by atoms with Gasteiger partial charge in [0.25, 0.3) is 0 Å². The maximum Gasteiger partial charge on any atom is 0.313 e. The average molecular weight is 317 g/mol. The van der Waals surface area contributed by atoms with Crippen molar-refractivity contribution in [2.75, 3.05) is 11.9 Å². The Balaban J connectivity index is 1.43. The van der Waals surface area contributed by atoms with Crippen LogP contribution in [0.15, 0.2) is 23.1 Å². The molecule has 2 aliphatic rings. The van der Waals surface area contributed by atoms with Crippen molar-refractivity contribution in [3.63, 3.8) is 0 Å². The molecule has 2 bridgehead atoms. The molecule has 23 heavy (non-hydrogen) atoms. The SMILES string of the molecule is Cn1cc(NC(=O)C(=O)NCCC2CC3CCC2C3)ccc1=O. The second kappa shape index (κ2) is 6.56. The molecule has 0 radical (unpaired) electrons. The van der Waals surface area contributed by atoms with Gasteiger partial charge in [-0.2, -0.15) is 0 Å². The van der Waals surface area contributed by atoms with Crippen molar-refractivity contribution in [2.45, 2.75) is 32.1 Å². The summed E-state index contributed by atoms with van der Waals surface area (Å²) in [5, 5.41) is 5.20. The van der Waals surface area contributed by atoms with Crippen LogP contribution in [0.4, 0.5) is 5.69 Å². The van der Waals surface area contributed by atoms with Crippen molar-refractivity contribution in [3.8, 4) is 0 Å². The summed E-state index contributed by atoms with van der Waals surface area (Å²) in [6, 6.07) is 2.84. The van der Waals surface area contributed by atoms with Gasteiger partial charge in [-0.05, 0) is 49.5 Å². The van der Waals surface area contributed by atoms with E-state index < -0.39 is 11.8 Å². The molecule has 6 heteroatoms. The van der Waals surface area contributed by atoms with Crippen molar-refractivity contribution in [2.24, 2.45) is 24.8 Å². The number of nitrogens with one attached hydrogen (secondary N) is 2. The molecular weight excluding hydrogens is 294 g/mol. The van der Waals surface area contributed by atoms with E-state index in [1.54, 1.807) is 7.05 Å². The summed E-state index contributed by atoms with van der Waals surface area (Å²) >= 11 is 0. The molecule has 124 valence electrons. The molecule has 2 aliphatic carbocycles. The van der Waals surface area contributed by atoms with E-state index in [0.29, 0.717) is 18.2 Å². The van der Waals surface area contributed by atoms with Crippen molar-refractivity contribution < 1.29 is 9.59 Å². The molecule has 3 rings (SSSR count). The number of carbonyl (C=O) groups is 2. The van der Waals surface area contributed by atoms with Gasteiger partial charge in [-0.25, -0.2) is 0 Å². The smallest absolute Gasteiger partial charge is 0.313 e. The van der Waals surface area contributed by atoms with Crippen LogP contribution in [-0.2, 0) is 16.6 Å². The molecule has 3 atom stereocenters. The molecule has 2 saturated carbocycles. The van der Waals surface area contributed by atoms with Gasteiger partial charge in [-0.1, -0.05) is 6.42 Å². The number of anilines is 1. The summed E-state index contributed by atoms with van der Waals surface area (Å²) < 4.78 is 1.35. The highest BCUT2D eigenvalue weighted by Gasteiger charge is 2.38. The van der Waals surface area contributed by atoms with Gasteiger partial charge in [0.1, 0.15) is 0 Å². The minimum absolute atomic E-state index is 0.168. The quantitative estimate of drug-likeness (QED) is 0.821. The molecule has 2 N–H and O–H groups in total. The molecular formula is C17H23N3O3. The molecule has 0 saturated heterocycles. The number of hydrogen-bond donors (Lipinski definition) is 2. The van der Waals surface area contributed by atoms with Gasteiger partial charge in [0.15, 0.2) is 0 Å². The Bertz CT molecular complexity index is 667. The lowest BCUT2D eigenvalue weighted by Crippen LogP contribution is -2.37. The number of rotatable bonds is 4. The number of fused-ring (bicyclic) bond motifs is 2. The van der Waals surface area contributed by atoms with Crippen molar-refractivity contribution >= 4 is 17.5 Å². The molecule has 2 amide bonds. The minimum atomic E-state index is -0.698. The average Bonchev–Trinajstić information content (AvgIpc) is 3.13. The third-order valence-corrected chi connectivity index (χ3v) is 5.24. The van der Waals surface area contributed by atoms with Gasteiger partial charge >= 0.3 is 11.8 Å². The fourth-order valence-electron chi connectivity index (χ4n) is 4.04. The molecule has 0 spiro atoms. The number of nitrogens with zero attached hydrogens (tertiary/aromatic N) is 1. The predicted molar refractivity (Wildman–Crippen MR) is 86.9 cm³/mol. The largest absolute Gasteiger partial charge is 0.348 e. The van der Waals surface area contributed by atoms with Crippen LogP contribution in [0.25, 0.3) is 0 Å². The summed E-state index contributed by atoms with van der Waals surface area (Å²) in [5.41, 5.74) is 0.263. The number of aromatic nitrogens is 1. The van der Waals surface area contributed by atoms with Crippen LogP contribution < -0.4 is 16.2 Å². The lowest BCUT2D eigenvalue weighted by atomic mass is 9.86. The first-order chi connectivity index (χ1) is 11.0. The molecule has 1 aromatic rings. The van der Waals surface area contributed by atoms with E-state index in [1.807, 2.05) is 0 Å². The van der Waals surface area contributed by atoms with Crippen molar-refractivity contribution in [1.29, 1.82) is 0 Å². The van der Waals surface area contributed by atoms with E-state index >= 15 is 0 Å². The Hall–Kier alpha value is -2.11. The fourth-order valence-corrected chi connectivity index (χ4v) is 4.04. The molecule has 0 aliphatic heterocycles. The van der Waals surface area contributed by atoms with Gasteiger partial charge in [0, 0.05) is 25.9 Å². The number of amides is 2. The topological polar surface area (TPSA) is 80.2 Å². The van der Waals surface area contributed by atoms with E-state index in [-0.39, 0.29) is 5.56 Å². The highest BCUT2D eigenvalue weighted by Crippen LogP contribution is 2.49. The van der Waals surface area contributed by atoms with Crippen LogP contribution in [0.5, 0.6) is 0 Å². The number of aryl methyl sites for hydroxylation is 1. The first kappa shape index (κ1) is 15.8. The minimum Gasteiger partial charge on any atom is -0.348 e. The Morgan fingerprint density at radius 3 is 2.70 bits per heavy atom. The second-order valence-corrected chi connectivity index (χ2v) is 6.80. The third-order valence-electron chi connectivity index (χ3n) is 5.24. The Kier molecular flexibility index (Phi) is 4.50. The Morgan fingerprint density at radius 1 is 1.22 bits per heavy atom. The van der Waals surface area contributed by atoms with Crippen LogP contribution in [0.2, 0.25) is 0 Å². The number of pyridine rings is 1. The highest BCUT2D eigenvalue weighted by molar-refractivity contribution is 6.39. The summed E-state index contributed by atoms with van der Waals surface area (Å²) in [6.45, 7) is 0.549. The Morgan fingerprint density at radius 2 is 2.04 bits per heavy atom. The summed E-state index contributed by atoms with van der Waals surface area (Å²) in [4.78, 5) is 35.0. The molecule has 6 nitrogen and oxygen atoms in total. The van der Waals surface area contributed by atoms with E-state index in [9.17, 15) is 14.4 Å². The van der Waals surface area contributed by atoms with E-state index in [2.05, 4.69) is 10.6 Å². The van der Waals surface area contributed by atoms with Crippen LogP contribution in [0, 0.1) is 17.8 Å². The molecule has 1 aromatic heterocycles. The standard InChI is InChI=1S/C17H23N3O3/c1-20-10-14(4-5-15(20)21)19-17(23)16(22)18-7-6-13-9-11-2-3-12(13)8-11/h4-5,10-13H,2-3,6-9H2,1H3,(H,18,22)(H,19,23). The zero-order chi connectivity index (χ0) is 16.4. The van der Waals surface area contributed by atoms with Gasteiger partial charge in [-0.15, -0.1) is 0 Å². The second-order valence-electron chi connectivity index (χ2n) is 6.80. The van der Waals surface area contributed by atoms with Crippen molar-refractivity contribution in [1.82, 2.24) is 9.88 Å². The fraction of sp³-hybridized carbons (Fsp3) is 0.588. The van der Waals surface area contributed by atoms with E-state index in [0.717, 1.165) is 18.3 Å². The number of carbonyl (C=O) groups excluding carboxylic acids is 2. The highest BCUT2D eigenvalue weighted by atomic mass is 16.2. The summed E-state index contributed by atoms with van der Waals surface area (Å²) in [7, 11) is 1.59. The molecule has 0 aromatic carbocycles. The predicted octanol–water partition coefficient (Wildman–Crippen LogP) is 1.27. The van der Waals surface area contributed by atoms with Crippen molar-refractivity contribution in [3.05, 3.63) is 28.7 Å². The van der Waals surface area contributed by atoms with Gasteiger partial charge in [0.05, 0.1) is 5.69 Å². The van der Waals surface area contributed by atoms with Crippen LogP contribution in [0.1, 0.15) is 32.1 Å². The zero-order valence-electron chi connectivity index (χ0n) is 13.4. The van der Waals surface area contributed by atoms with E-state index in [4.69, 9.17) is 0 Å². The van der Waals surface area contributed by atoms with Gasteiger partial charge in [-0.3, -0.25) is 14.4 Å². The van der Waals surface area contributed by atoms with E-state index in [1.165, 1.54) is 48.6 Å². The lowest BCUT2D eigenvalue weighted by Gasteiger charge is -2.21. The monoisotopic (exact) mass is 317 g/mol. The maximum atomic E-state index is 11.9. The first-order valence-corrected chi connectivity index (χ1v) is 8.29. The van der Waals surface area contributed by atoms with Gasteiger partial charge in [0.2, 0.25) is 5.56 Å². The third kappa shape index (κ3) is 3.63. The van der Waals surface area contributed by atoms with Crippen LogP contribution >= 0.6 is 0 Å². The summed E-state index contributed by atoms with van der Waals surface area (Å²) in [5.74, 6) is 1.12. The van der Waals surface area contributed by atoms with Crippen LogP contribution in [0.3, 0.4) is 0 Å². The normalized spacial score (nSPS) is 25.3. The summed E-state index contributed by atoms with van der Waals surface area (Å²) in [6.07, 6.45) is 7.78. The van der Waals surface area contributed by atoms with Crippen LogP contribution in [-0.4, -0.2) is 22.9 Å². The molecule has 3 unspecified atom stereocenters. The van der Waals surface area contributed by atoms with Gasteiger partial charge < -0.3 is 15.2 Å².